The van der Waals surface area contributed by atoms with Crippen LogP contribution in [0.3, 0.4) is 0 Å². The lowest BCUT2D eigenvalue weighted by Gasteiger charge is -2.27. The molecule has 1 aliphatic carbocycles. The summed E-state index contributed by atoms with van der Waals surface area (Å²) in [5.74, 6) is 0.335. The average Bonchev–Trinajstić information content (AvgIpc) is 2.39. The van der Waals surface area contributed by atoms with E-state index in [4.69, 9.17) is 5.11 Å². The number of hydrogen-bond donors (Lipinski definition) is 2. The maximum atomic E-state index is 12.0. The van der Waals surface area contributed by atoms with Crippen molar-refractivity contribution in [1.82, 2.24) is 10.3 Å². The zero-order valence-electron chi connectivity index (χ0n) is 10.1. The van der Waals surface area contributed by atoms with E-state index in [2.05, 4.69) is 26.2 Å². The molecular formula is C13H17BrN2O2. The topological polar surface area (TPSA) is 62.2 Å². The van der Waals surface area contributed by atoms with Crippen molar-refractivity contribution in [3.8, 4) is 0 Å². The highest BCUT2D eigenvalue weighted by atomic mass is 79.9. The third kappa shape index (κ3) is 3.53. The molecule has 1 aromatic heterocycles. The second-order valence-electron chi connectivity index (χ2n) is 4.77. The number of nitrogens with zero attached hydrogens (tertiary/aromatic N) is 1. The van der Waals surface area contributed by atoms with Gasteiger partial charge in [0.1, 0.15) is 0 Å². The average molecular weight is 313 g/mol. The summed E-state index contributed by atoms with van der Waals surface area (Å²) in [7, 11) is 0. The molecule has 0 saturated heterocycles. The molecule has 0 aromatic carbocycles. The van der Waals surface area contributed by atoms with Crippen LogP contribution >= 0.6 is 15.9 Å². The fourth-order valence-electron chi connectivity index (χ4n) is 2.29. The molecule has 0 aliphatic heterocycles. The number of pyridine rings is 1. The Morgan fingerprint density at radius 3 is 2.72 bits per heavy atom. The van der Waals surface area contributed by atoms with Crippen LogP contribution in [0, 0.1) is 5.92 Å². The van der Waals surface area contributed by atoms with Crippen molar-refractivity contribution in [2.24, 2.45) is 5.92 Å². The van der Waals surface area contributed by atoms with Crippen LogP contribution in [0.2, 0.25) is 0 Å². The van der Waals surface area contributed by atoms with Gasteiger partial charge in [0, 0.05) is 29.5 Å². The molecule has 1 aromatic rings. The van der Waals surface area contributed by atoms with Crippen LogP contribution in [0.5, 0.6) is 0 Å². The summed E-state index contributed by atoms with van der Waals surface area (Å²) < 4.78 is 0.805. The number of hydrogen-bond acceptors (Lipinski definition) is 3. The van der Waals surface area contributed by atoms with Crippen molar-refractivity contribution in [2.45, 2.75) is 31.7 Å². The maximum absolute atomic E-state index is 12.0. The predicted octanol–water partition coefficient (Wildman–Crippen LogP) is 2.12. The molecule has 1 heterocycles. The Labute approximate surface area is 115 Å². The van der Waals surface area contributed by atoms with Gasteiger partial charge in [-0.3, -0.25) is 9.78 Å². The molecular weight excluding hydrogens is 296 g/mol. The minimum atomic E-state index is -0.0729. The van der Waals surface area contributed by atoms with Crippen LogP contribution in [0.15, 0.2) is 22.9 Å². The number of nitrogens with one attached hydrogen (secondary N) is 1. The first-order valence-corrected chi connectivity index (χ1v) is 7.00. The normalized spacial score (nSPS) is 23.7. The summed E-state index contributed by atoms with van der Waals surface area (Å²) >= 11 is 3.30. The Balaban J connectivity index is 1.89. The molecule has 0 unspecified atom stereocenters. The van der Waals surface area contributed by atoms with Crippen LogP contribution in [0.25, 0.3) is 0 Å². The highest BCUT2D eigenvalue weighted by molar-refractivity contribution is 9.10. The maximum Gasteiger partial charge on any atom is 0.253 e. The van der Waals surface area contributed by atoms with Gasteiger partial charge < -0.3 is 10.4 Å². The molecule has 0 spiro atoms. The number of carbonyl (C=O) groups is 1. The summed E-state index contributed by atoms with van der Waals surface area (Å²) in [6.07, 6.45) is 7.08. The van der Waals surface area contributed by atoms with Crippen molar-refractivity contribution < 1.29 is 9.90 Å². The fraction of sp³-hybridized carbons (Fsp3) is 0.538. The van der Waals surface area contributed by atoms with Gasteiger partial charge >= 0.3 is 0 Å². The molecule has 1 saturated carbocycles. The molecule has 0 bridgehead atoms. The minimum absolute atomic E-state index is 0.0729. The molecule has 0 radical (unpaired) electrons. The van der Waals surface area contributed by atoms with E-state index in [1.165, 1.54) is 0 Å². The number of aliphatic hydroxyl groups excluding tert-OH is 1. The number of aliphatic hydroxyl groups is 1. The van der Waals surface area contributed by atoms with Gasteiger partial charge in [-0.25, -0.2) is 0 Å². The Kier molecular flexibility index (Phi) is 4.72. The zero-order valence-corrected chi connectivity index (χ0v) is 11.7. The molecule has 0 atom stereocenters. The first-order chi connectivity index (χ1) is 8.69. The third-order valence-electron chi connectivity index (χ3n) is 3.41. The first-order valence-electron chi connectivity index (χ1n) is 6.21. The van der Waals surface area contributed by atoms with E-state index < -0.39 is 0 Å². The summed E-state index contributed by atoms with van der Waals surface area (Å²) in [5, 5.41) is 12.1. The zero-order chi connectivity index (χ0) is 13.0. The largest absolute Gasteiger partial charge is 0.396 e. The Morgan fingerprint density at radius 2 is 2.11 bits per heavy atom. The SMILES string of the molecule is O=C(NC1CCC(CO)CC1)c1cncc(Br)c1. The predicted molar refractivity (Wildman–Crippen MR) is 72.2 cm³/mol. The molecule has 2 N–H and O–H groups in total. The van der Waals surface area contributed by atoms with Gasteiger partial charge in [0.15, 0.2) is 0 Å². The lowest BCUT2D eigenvalue weighted by atomic mass is 9.86. The van der Waals surface area contributed by atoms with E-state index in [0.717, 1.165) is 30.2 Å². The van der Waals surface area contributed by atoms with Gasteiger partial charge in [0.2, 0.25) is 0 Å². The molecule has 4 nitrogen and oxygen atoms in total. The van der Waals surface area contributed by atoms with E-state index in [1.807, 2.05) is 0 Å². The standard InChI is InChI=1S/C13H17BrN2O2/c14-11-5-10(6-15-7-11)13(18)16-12-3-1-9(8-17)2-4-12/h5-7,9,12,17H,1-4,8H2,(H,16,18). The van der Waals surface area contributed by atoms with E-state index in [9.17, 15) is 4.79 Å². The summed E-state index contributed by atoms with van der Waals surface area (Å²) in [6, 6.07) is 1.99. The molecule has 5 heteroatoms. The summed E-state index contributed by atoms with van der Waals surface area (Å²) in [4.78, 5) is 16.0. The van der Waals surface area contributed by atoms with E-state index in [1.54, 1.807) is 18.5 Å². The van der Waals surface area contributed by atoms with Crippen LogP contribution < -0.4 is 5.32 Å². The second kappa shape index (κ2) is 6.29. The van der Waals surface area contributed by atoms with Crippen LogP contribution in [0.1, 0.15) is 36.0 Å². The van der Waals surface area contributed by atoms with Gasteiger partial charge in [-0.15, -0.1) is 0 Å². The minimum Gasteiger partial charge on any atom is -0.396 e. The Hall–Kier alpha value is -0.940. The lowest BCUT2D eigenvalue weighted by molar-refractivity contribution is 0.0913. The fourth-order valence-corrected chi connectivity index (χ4v) is 2.66. The van der Waals surface area contributed by atoms with E-state index >= 15 is 0 Å². The van der Waals surface area contributed by atoms with Gasteiger partial charge in [-0.1, -0.05) is 0 Å². The second-order valence-corrected chi connectivity index (χ2v) is 5.68. The van der Waals surface area contributed by atoms with Crippen LogP contribution in [-0.2, 0) is 0 Å². The molecule has 1 aliphatic rings. The third-order valence-corrected chi connectivity index (χ3v) is 3.84. The highest BCUT2D eigenvalue weighted by Crippen LogP contribution is 2.24. The molecule has 1 amide bonds. The quantitative estimate of drug-likeness (QED) is 0.898. The smallest absolute Gasteiger partial charge is 0.253 e. The number of rotatable bonds is 3. The number of halogens is 1. The molecule has 1 fully saturated rings. The highest BCUT2D eigenvalue weighted by Gasteiger charge is 2.22. The van der Waals surface area contributed by atoms with Crippen molar-refractivity contribution in [2.75, 3.05) is 6.61 Å². The van der Waals surface area contributed by atoms with Gasteiger partial charge in [0.05, 0.1) is 5.56 Å². The van der Waals surface area contributed by atoms with Crippen LogP contribution in [0.4, 0.5) is 0 Å². The van der Waals surface area contributed by atoms with Gasteiger partial charge in [-0.2, -0.15) is 0 Å². The van der Waals surface area contributed by atoms with Gasteiger partial charge in [0.25, 0.3) is 5.91 Å². The van der Waals surface area contributed by atoms with Crippen molar-refractivity contribution in [3.63, 3.8) is 0 Å². The molecule has 98 valence electrons. The molecule has 2 rings (SSSR count). The number of carbonyl (C=O) groups excluding carboxylic acids is 1. The van der Waals surface area contributed by atoms with Gasteiger partial charge in [-0.05, 0) is 53.6 Å². The van der Waals surface area contributed by atoms with E-state index in [0.29, 0.717) is 11.5 Å². The Morgan fingerprint density at radius 1 is 1.39 bits per heavy atom. The van der Waals surface area contributed by atoms with Crippen LogP contribution in [-0.4, -0.2) is 28.6 Å². The van der Waals surface area contributed by atoms with Crippen molar-refractivity contribution in [1.29, 1.82) is 0 Å². The summed E-state index contributed by atoms with van der Waals surface area (Å²) in [6.45, 7) is 0.260. The number of aromatic nitrogens is 1. The Bertz CT molecular complexity index is 417. The van der Waals surface area contributed by atoms with Crippen molar-refractivity contribution in [3.05, 3.63) is 28.5 Å². The monoisotopic (exact) mass is 312 g/mol. The number of amides is 1. The molecule has 18 heavy (non-hydrogen) atoms. The first kappa shape index (κ1) is 13.5. The van der Waals surface area contributed by atoms with Crippen molar-refractivity contribution >= 4 is 21.8 Å². The van der Waals surface area contributed by atoms with E-state index in [-0.39, 0.29) is 18.6 Å². The summed E-state index contributed by atoms with van der Waals surface area (Å²) in [5.41, 5.74) is 0.577. The lowest BCUT2D eigenvalue weighted by Crippen LogP contribution is -2.38.